The van der Waals surface area contributed by atoms with Gasteiger partial charge < -0.3 is 15.0 Å². The van der Waals surface area contributed by atoms with Gasteiger partial charge in [-0.05, 0) is 25.7 Å². The van der Waals surface area contributed by atoms with Gasteiger partial charge in [0.1, 0.15) is 5.60 Å². The lowest BCUT2D eigenvalue weighted by atomic mass is 9.87. The maximum Gasteiger partial charge on any atom is 0.410 e. The predicted molar refractivity (Wildman–Crippen MR) is 58.1 cm³/mol. The Hall–Kier alpha value is -0.770. The van der Waals surface area contributed by atoms with Crippen molar-refractivity contribution < 1.29 is 9.53 Å². The summed E-state index contributed by atoms with van der Waals surface area (Å²) in [5, 5.41) is 3.61. The Labute approximate surface area is 95.3 Å². The smallest absolute Gasteiger partial charge is 0.410 e. The summed E-state index contributed by atoms with van der Waals surface area (Å²) in [4.78, 5) is 13.8. The zero-order valence-corrected chi connectivity index (χ0v) is 9.45. The quantitative estimate of drug-likeness (QED) is 0.726. The second-order valence-electron chi connectivity index (χ2n) is 5.96. The maximum atomic E-state index is 11.8. The minimum Gasteiger partial charge on any atom is -0.441 e. The fraction of sp³-hybridized carbons (Fsp3) is 0.917. The number of fused-ring (bicyclic) bond motifs is 2. The third-order valence-corrected chi connectivity index (χ3v) is 4.56. The van der Waals surface area contributed by atoms with Crippen LogP contribution in [0.15, 0.2) is 0 Å². The van der Waals surface area contributed by atoms with Crippen LogP contribution in [0.2, 0.25) is 0 Å². The summed E-state index contributed by atoms with van der Waals surface area (Å²) in [6.45, 7) is 0.852. The van der Waals surface area contributed by atoms with E-state index in [4.69, 9.17) is 4.74 Å². The van der Waals surface area contributed by atoms with E-state index in [1.807, 2.05) is 4.90 Å². The number of ether oxygens (including phenoxy) is 1. The van der Waals surface area contributed by atoms with Crippen LogP contribution in [0.25, 0.3) is 0 Å². The summed E-state index contributed by atoms with van der Waals surface area (Å²) >= 11 is 0. The number of rotatable bonds is 1. The summed E-state index contributed by atoms with van der Waals surface area (Å²) < 4.78 is 5.73. The van der Waals surface area contributed by atoms with E-state index >= 15 is 0 Å². The molecule has 0 aromatic heterocycles. The Morgan fingerprint density at radius 1 is 1.19 bits per heavy atom. The van der Waals surface area contributed by atoms with Crippen molar-refractivity contribution in [1.82, 2.24) is 10.2 Å². The first kappa shape index (κ1) is 9.28. The van der Waals surface area contributed by atoms with Crippen molar-refractivity contribution in [3.8, 4) is 0 Å². The van der Waals surface area contributed by atoms with Crippen LogP contribution in [0.5, 0.6) is 0 Å². The topological polar surface area (TPSA) is 41.6 Å². The Kier molecular flexibility index (Phi) is 1.69. The Morgan fingerprint density at radius 3 is 2.50 bits per heavy atom. The van der Waals surface area contributed by atoms with E-state index in [1.165, 1.54) is 25.7 Å². The van der Waals surface area contributed by atoms with Crippen LogP contribution in [0.1, 0.15) is 38.5 Å². The highest BCUT2D eigenvalue weighted by atomic mass is 16.6. The Bertz CT molecular complexity index is 328. The minimum absolute atomic E-state index is 0.0520. The molecule has 16 heavy (non-hydrogen) atoms. The first-order valence-corrected chi connectivity index (χ1v) is 6.50. The summed E-state index contributed by atoms with van der Waals surface area (Å²) in [5.74, 6) is 0. The largest absolute Gasteiger partial charge is 0.441 e. The van der Waals surface area contributed by atoms with Crippen LogP contribution >= 0.6 is 0 Å². The van der Waals surface area contributed by atoms with Gasteiger partial charge in [-0.3, -0.25) is 0 Å². The van der Waals surface area contributed by atoms with Gasteiger partial charge in [0.05, 0.1) is 6.54 Å². The number of hydrogen-bond acceptors (Lipinski definition) is 3. The third-order valence-electron chi connectivity index (χ3n) is 4.56. The van der Waals surface area contributed by atoms with E-state index in [2.05, 4.69) is 5.32 Å². The predicted octanol–water partition coefficient (Wildman–Crippen LogP) is 1.25. The first-order valence-electron chi connectivity index (χ1n) is 6.50. The molecular formula is C12H18N2O2. The lowest BCUT2D eigenvalue weighted by Gasteiger charge is -2.36. The van der Waals surface area contributed by atoms with Gasteiger partial charge in [-0.25, -0.2) is 4.79 Å². The van der Waals surface area contributed by atoms with Gasteiger partial charge in [-0.15, -0.1) is 0 Å². The summed E-state index contributed by atoms with van der Waals surface area (Å²) in [7, 11) is 0. The minimum atomic E-state index is -0.142. The fourth-order valence-electron chi connectivity index (χ4n) is 3.73. The second-order valence-corrected chi connectivity index (χ2v) is 5.96. The molecule has 4 aliphatic rings. The van der Waals surface area contributed by atoms with Crippen LogP contribution in [0.4, 0.5) is 4.79 Å². The van der Waals surface area contributed by atoms with E-state index in [1.54, 1.807) is 0 Å². The molecule has 2 atom stereocenters. The van der Waals surface area contributed by atoms with E-state index in [-0.39, 0.29) is 11.7 Å². The van der Waals surface area contributed by atoms with E-state index in [9.17, 15) is 4.79 Å². The number of amides is 1. The number of carbonyl (C=O) groups is 1. The van der Waals surface area contributed by atoms with Crippen molar-refractivity contribution >= 4 is 6.09 Å². The molecule has 4 nitrogen and oxygen atoms in total. The monoisotopic (exact) mass is 222 g/mol. The lowest BCUT2D eigenvalue weighted by Crippen LogP contribution is -2.50. The van der Waals surface area contributed by atoms with Crippen molar-refractivity contribution in [2.45, 2.75) is 62.3 Å². The van der Waals surface area contributed by atoms with Crippen LogP contribution in [-0.2, 0) is 4.74 Å². The molecule has 1 aliphatic carbocycles. The highest BCUT2D eigenvalue weighted by Crippen LogP contribution is 2.43. The normalized spacial score (nSPS) is 46.5. The van der Waals surface area contributed by atoms with Crippen LogP contribution < -0.4 is 5.32 Å². The third kappa shape index (κ3) is 1.29. The molecule has 1 spiro atoms. The Morgan fingerprint density at radius 2 is 1.88 bits per heavy atom. The van der Waals surface area contributed by atoms with Crippen molar-refractivity contribution in [2.75, 3.05) is 6.54 Å². The summed E-state index contributed by atoms with van der Waals surface area (Å²) in [6, 6.07) is 1.68. The summed E-state index contributed by atoms with van der Waals surface area (Å²) in [5.41, 5.74) is -0.142. The van der Waals surface area contributed by atoms with Crippen molar-refractivity contribution in [3.63, 3.8) is 0 Å². The summed E-state index contributed by atoms with van der Waals surface area (Å²) in [6.07, 6.45) is 6.87. The van der Waals surface area contributed by atoms with Gasteiger partial charge in [0.15, 0.2) is 0 Å². The average molecular weight is 222 g/mol. The molecule has 1 saturated carbocycles. The average Bonchev–Trinajstić information content (AvgIpc) is 2.96. The van der Waals surface area contributed by atoms with Gasteiger partial charge in [0.25, 0.3) is 0 Å². The highest BCUT2D eigenvalue weighted by Gasteiger charge is 2.54. The van der Waals surface area contributed by atoms with Gasteiger partial charge in [-0.1, -0.05) is 0 Å². The molecule has 4 fully saturated rings. The van der Waals surface area contributed by atoms with E-state index in [0.29, 0.717) is 18.1 Å². The number of carbonyl (C=O) groups excluding carboxylic acids is 1. The molecule has 4 heteroatoms. The zero-order chi connectivity index (χ0) is 10.8. The Balaban J connectivity index is 1.57. The molecule has 0 aromatic carbocycles. The maximum absolute atomic E-state index is 11.8. The standard InChI is InChI=1S/C12H18N2O2/c15-11-14(10-3-4-10)7-12(16-11)5-8-1-2-9(6-12)13-8/h8-10,13H,1-7H2. The second kappa shape index (κ2) is 2.92. The molecular weight excluding hydrogens is 204 g/mol. The van der Waals surface area contributed by atoms with E-state index < -0.39 is 0 Å². The van der Waals surface area contributed by atoms with E-state index in [0.717, 1.165) is 19.4 Å². The van der Waals surface area contributed by atoms with Gasteiger partial charge in [0, 0.05) is 31.0 Å². The SMILES string of the molecule is O=C1OC2(CC3CCC(C2)N3)CN1C1CC1. The molecule has 0 radical (unpaired) electrons. The molecule has 3 aliphatic heterocycles. The molecule has 1 amide bonds. The molecule has 2 bridgehead atoms. The highest BCUT2D eigenvalue weighted by molar-refractivity contribution is 5.71. The number of nitrogens with one attached hydrogen (secondary N) is 1. The van der Waals surface area contributed by atoms with Crippen LogP contribution in [-0.4, -0.2) is 41.3 Å². The number of hydrogen-bond donors (Lipinski definition) is 1. The van der Waals surface area contributed by atoms with Gasteiger partial charge in [0.2, 0.25) is 0 Å². The van der Waals surface area contributed by atoms with Crippen LogP contribution in [0, 0.1) is 0 Å². The fourth-order valence-corrected chi connectivity index (χ4v) is 3.73. The molecule has 3 heterocycles. The van der Waals surface area contributed by atoms with Crippen LogP contribution in [0.3, 0.4) is 0 Å². The van der Waals surface area contributed by atoms with Crippen molar-refractivity contribution in [3.05, 3.63) is 0 Å². The molecule has 4 rings (SSSR count). The van der Waals surface area contributed by atoms with Gasteiger partial charge >= 0.3 is 6.09 Å². The van der Waals surface area contributed by atoms with Crippen molar-refractivity contribution in [2.24, 2.45) is 0 Å². The molecule has 3 saturated heterocycles. The lowest BCUT2D eigenvalue weighted by molar-refractivity contribution is 0.0160. The zero-order valence-electron chi connectivity index (χ0n) is 9.45. The molecule has 2 unspecified atom stereocenters. The molecule has 88 valence electrons. The molecule has 0 aromatic rings. The number of piperidine rings is 1. The van der Waals surface area contributed by atoms with Crippen molar-refractivity contribution in [1.29, 1.82) is 0 Å². The number of nitrogens with zero attached hydrogens (tertiary/aromatic N) is 1. The molecule has 1 N–H and O–H groups in total. The first-order chi connectivity index (χ1) is 7.74. The van der Waals surface area contributed by atoms with Gasteiger partial charge in [-0.2, -0.15) is 0 Å².